The van der Waals surface area contributed by atoms with Gasteiger partial charge in [0, 0.05) is 61.7 Å². The van der Waals surface area contributed by atoms with Crippen LogP contribution in [-0.2, 0) is 21.1 Å². The van der Waals surface area contributed by atoms with Crippen LogP contribution >= 0.6 is 0 Å². The van der Waals surface area contributed by atoms with Crippen molar-refractivity contribution < 1.29 is 30.4 Å². The van der Waals surface area contributed by atoms with Crippen molar-refractivity contribution in [3.63, 3.8) is 0 Å². The first kappa shape index (κ1) is 63.4. The molecule has 104 heavy (non-hydrogen) atoms. The molecule has 18 aromatic rings. The number of ether oxygens (including phenoxy) is 1. The Morgan fingerprint density at radius 1 is 0.346 bits per heavy atom. The summed E-state index contributed by atoms with van der Waals surface area (Å²) in [6.45, 7) is 0. The summed E-state index contributed by atoms with van der Waals surface area (Å²) in [6, 6.07) is 143. The van der Waals surface area contributed by atoms with Crippen LogP contribution in [0.1, 0.15) is 0 Å². The van der Waals surface area contributed by atoms with E-state index in [1.807, 2.05) is 24.4 Å². The Balaban J connectivity index is 0.00000771. The molecule has 0 bridgehead atoms. The molecular weight excluding hydrogens is 1460 g/mol. The Kier molecular flexibility index (Phi) is 16.4. The quantitative estimate of drug-likeness (QED) is 0.0619. The van der Waals surface area contributed by atoms with Crippen molar-refractivity contribution in [3.05, 3.63) is 401 Å². The first-order valence-electron chi connectivity index (χ1n) is 34.9. The van der Waals surface area contributed by atoms with Crippen molar-refractivity contribution in [2.75, 3.05) is 4.90 Å². The van der Waals surface area contributed by atoms with Crippen LogP contribution in [0.25, 0.3) is 117 Å². The largest absolute Gasteiger partial charge is 0.510 e. The van der Waals surface area contributed by atoms with Gasteiger partial charge in [0.2, 0.25) is 0 Å². The fourth-order valence-electron chi connectivity index (χ4n) is 15.7. The van der Waals surface area contributed by atoms with E-state index in [4.69, 9.17) is 9.72 Å². The standard InChI is InChI=1S/C96H63N5OSi.Pt/c1-7-29-67(30-8-1)71-57-72(68-31-9-2-10-32-68)60-75(59-71)83-44-28-45-84(76-61-73(69-33-11-3-12-34-69)58-74(62-76)70-35-13-4-14-36-70)96(83)99-66-98(88-47-21-22-48-89(88)99)77-37-27-38-79(63-77)102-80-53-54-86-85-43-19-20-46-87(85)101(92(86)65-80)95-64-78(55-56-97-95)100-90-49-23-25-51-93(90)103(81-39-15-5-16-40-81,82-41-17-6-18-42-82)94-52-26-24-50-91(94)100;/h1-62,64H;/q-2;. The molecule has 1 aliphatic rings. The molecule has 0 N–H and O–H groups in total. The van der Waals surface area contributed by atoms with E-state index in [9.17, 15) is 0 Å². The van der Waals surface area contributed by atoms with Gasteiger partial charge in [-0.2, -0.15) is 18.2 Å². The minimum atomic E-state index is -2.84. The van der Waals surface area contributed by atoms with Gasteiger partial charge >= 0.3 is 0 Å². The summed E-state index contributed by atoms with van der Waals surface area (Å²) in [5.74, 6) is 1.83. The molecule has 0 saturated carbocycles. The number of imidazole rings is 1. The fourth-order valence-corrected chi connectivity index (χ4v) is 20.8. The molecule has 0 atom stereocenters. The first-order chi connectivity index (χ1) is 51.1. The molecule has 19 rings (SSSR count). The number of fused-ring (bicyclic) bond motifs is 6. The molecule has 3 aromatic heterocycles. The number of rotatable bonds is 14. The summed E-state index contributed by atoms with van der Waals surface area (Å²) in [5, 5.41) is 7.47. The van der Waals surface area contributed by atoms with Gasteiger partial charge < -0.3 is 18.8 Å². The molecule has 1 aliphatic heterocycles. The number of hydrogen-bond acceptors (Lipinski definition) is 3. The maximum absolute atomic E-state index is 6.99. The average molecular weight is 1530 g/mol. The van der Waals surface area contributed by atoms with E-state index in [0.29, 0.717) is 11.5 Å². The summed E-state index contributed by atoms with van der Waals surface area (Å²) >= 11 is 0. The molecule has 0 amide bonds. The van der Waals surface area contributed by atoms with E-state index in [-0.39, 0.29) is 21.1 Å². The topological polar surface area (TPSA) is 39.1 Å². The molecule has 0 saturated heterocycles. The zero-order chi connectivity index (χ0) is 68.2. The van der Waals surface area contributed by atoms with Crippen molar-refractivity contribution in [2.24, 2.45) is 0 Å². The molecule has 0 unspecified atom stereocenters. The van der Waals surface area contributed by atoms with Crippen LogP contribution in [0.15, 0.2) is 382 Å². The molecule has 4 heterocycles. The summed E-state index contributed by atoms with van der Waals surface area (Å²) in [4.78, 5) is 7.64. The zero-order valence-corrected chi connectivity index (χ0v) is 59.6. The van der Waals surface area contributed by atoms with E-state index in [0.717, 1.165) is 134 Å². The maximum Gasteiger partial charge on any atom is 0.268 e. The Hall–Kier alpha value is -12.8. The number of anilines is 3. The maximum atomic E-state index is 6.99. The van der Waals surface area contributed by atoms with Crippen molar-refractivity contribution >= 4 is 78.7 Å². The van der Waals surface area contributed by atoms with E-state index < -0.39 is 8.07 Å². The summed E-state index contributed by atoms with van der Waals surface area (Å²) in [5.41, 5.74) is 22.1. The molecule has 0 spiro atoms. The third kappa shape index (κ3) is 11.1. The fraction of sp³-hybridized carbons (Fsp3) is 0. The number of hydrogen-bond donors (Lipinski definition) is 0. The van der Waals surface area contributed by atoms with E-state index in [1.54, 1.807) is 0 Å². The van der Waals surface area contributed by atoms with Crippen molar-refractivity contribution in [2.45, 2.75) is 0 Å². The summed E-state index contributed by atoms with van der Waals surface area (Å²) in [6.07, 6.45) is 5.91. The van der Waals surface area contributed by atoms with Crippen molar-refractivity contribution in [3.8, 4) is 95.5 Å². The molecule has 0 radical (unpaired) electrons. The Bertz CT molecular complexity index is 5870. The smallest absolute Gasteiger partial charge is 0.268 e. The average Bonchev–Trinajstić information content (AvgIpc) is 0.850. The second kappa shape index (κ2) is 27.0. The number of aromatic nitrogens is 4. The minimum Gasteiger partial charge on any atom is -0.510 e. The second-order valence-corrected chi connectivity index (χ2v) is 29.9. The van der Waals surface area contributed by atoms with Crippen LogP contribution in [0, 0.1) is 18.5 Å². The van der Waals surface area contributed by atoms with Gasteiger partial charge in [-0.15, -0.1) is 29.7 Å². The van der Waals surface area contributed by atoms with Crippen LogP contribution in [0.5, 0.6) is 11.5 Å². The summed E-state index contributed by atoms with van der Waals surface area (Å²) < 4.78 is 13.6. The van der Waals surface area contributed by atoms with Gasteiger partial charge in [0.25, 0.3) is 6.33 Å². The Labute approximate surface area is 619 Å². The normalized spacial score (nSPS) is 12.2. The number of nitrogens with zero attached hydrogens (tertiary/aromatic N) is 5. The Morgan fingerprint density at radius 2 is 0.798 bits per heavy atom. The number of pyridine rings is 1. The summed E-state index contributed by atoms with van der Waals surface area (Å²) in [7, 11) is -2.84. The van der Waals surface area contributed by atoms with Crippen LogP contribution in [0.3, 0.4) is 0 Å². The van der Waals surface area contributed by atoms with Gasteiger partial charge in [0.15, 0.2) is 8.07 Å². The molecule has 494 valence electrons. The third-order valence-electron chi connectivity index (χ3n) is 20.2. The first-order valence-corrected chi connectivity index (χ1v) is 36.9. The van der Waals surface area contributed by atoms with Gasteiger partial charge in [-0.1, -0.05) is 285 Å². The SMILES string of the molecule is [Pt].[c-]1c(Oc2[c-]c3c(cc2)c2ccccc2n3-c2cc(N3c4ccccc4[Si](c4ccccc4)(c4ccccc4)c4ccccc43)ccn2)cccc1-n1[c-][n+](-c2c(-c3cc(-c4ccccc4)cc(-c4ccccc4)c3)cccc2-c2cc(-c3ccccc3)cc(-c3ccccc3)c2)c2ccccc21. The van der Waals surface area contributed by atoms with Crippen molar-refractivity contribution in [1.29, 1.82) is 0 Å². The molecular formula is C96H63N5OPtSi-2. The molecule has 0 aliphatic carbocycles. The third-order valence-corrected chi connectivity index (χ3v) is 25.1. The predicted octanol–water partition coefficient (Wildman–Crippen LogP) is 20.8. The Morgan fingerprint density at radius 3 is 1.35 bits per heavy atom. The number of para-hydroxylation sites is 6. The monoisotopic (exact) mass is 1520 g/mol. The van der Waals surface area contributed by atoms with Gasteiger partial charge in [0.05, 0.1) is 22.4 Å². The van der Waals surface area contributed by atoms with Crippen LogP contribution < -0.4 is 35.0 Å². The molecule has 15 aromatic carbocycles. The molecule has 8 heteroatoms. The van der Waals surface area contributed by atoms with Crippen LogP contribution in [0.4, 0.5) is 17.1 Å². The van der Waals surface area contributed by atoms with Gasteiger partial charge in [-0.3, -0.25) is 4.57 Å². The van der Waals surface area contributed by atoms with Crippen molar-refractivity contribution in [1.82, 2.24) is 14.1 Å². The minimum absolute atomic E-state index is 0. The van der Waals surface area contributed by atoms with E-state index in [1.165, 1.54) is 20.7 Å². The van der Waals surface area contributed by atoms with Crippen LogP contribution in [-0.4, -0.2) is 22.2 Å². The zero-order valence-electron chi connectivity index (χ0n) is 56.3. The molecule has 0 fully saturated rings. The van der Waals surface area contributed by atoms with E-state index in [2.05, 4.69) is 395 Å². The molecule has 6 nitrogen and oxygen atoms in total. The number of benzene rings is 15. The second-order valence-electron chi connectivity index (χ2n) is 26.2. The van der Waals surface area contributed by atoms with Gasteiger partial charge in [-0.05, 0) is 159 Å². The van der Waals surface area contributed by atoms with Gasteiger partial charge in [-0.25, -0.2) is 4.98 Å². The van der Waals surface area contributed by atoms with Crippen LogP contribution in [0.2, 0.25) is 0 Å². The van der Waals surface area contributed by atoms with Gasteiger partial charge in [0.1, 0.15) is 5.82 Å². The van der Waals surface area contributed by atoms with E-state index >= 15 is 0 Å². The predicted molar refractivity (Wildman–Crippen MR) is 424 cm³/mol.